The first-order valence-corrected chi connectivity index (χ1v) is 10.6. The molecule has 0 spiro atoms. The van der Waals surface area contributed by atoms with E-state index in [2.05, 4.69) is 34.8 Å². The molecule has 2 N–H and O–H groups in total. The van der Waals surface area contributed by atoms with Crippen molar-refractivity contribution >= 4 is 11.9 Å². The molecule has 1 aliphatic heterocycles. The SMILES string of the molecule is Cc1c(C(=O)NCCC(C)C)nnn1-c1cccc2c1CCN(C(=O)NC(C)C)C2. The van der Waals surface area contributed by atoms with Crippen LogP contribution in [0.15, 0.2) is 18.2 Å². The van der Waals surface area contributed by atoms with E-state index >= 15 is 0 Å². The van der Waals surface area contributed by atoms with Crippen LogP contribution in [0, 0.1) is 12.8 Å². The van der Waals surface area contributed by atoms with E-state index in [-0.39, 0.29) is 18.0 Å². The quantitative estimate of drug-likeness (QED) is 0.763. The standard InChI is InChI=1S/C22H32N6O2/c1-14(2)9-11-23-21(29)20-16(5)28(26-25-20)19-8-6-7-17-13-27(12-10-18(17)19)22(30)24-15(3)4/h6-8,14-15H,9-13H2,1-5H3,(H,23,29)(H,24,30). The smallest absolute Gasteiger partial charge is 0.317 e. The van der Waals surface area contributed by atoms with Gasteiger partial charge in [-0.3, -0.25) is 4.79 Å². The number of urea groups is 1. The number of fused-ring (bicyclic) bond motifs is 1. The number of nitrogens with one attached hydrogen (secondary N) is 2. The van der Waals surface area contributed by atoms with Gasteiger partial charge in [0.25, 0.3) is 5.91 Å². The summed E-state index contributed by atoms with van der Waals surface area (Å²) in [6.45, 7) is 11.8. The maximum atomic E-state index is 12.5. The van der Waals surface area contributed by atoms with Crippen molar-refractivity contribution in [2.45, 2.75) is 60.0 Å². The molecule has 3 amide bonds. The van der Waals surface area contributed by atoms with E-state index in [1.807, 2.05) is 43.9 Å². The Bertz CT molecular complexity index is 918. The minimum Gasteiger partial charge on any atom is -0.351 e. The molecule has 0 atom stereocenters. The number of hydrogen-bond donors (Lipinski definition) is 2. The average Bonchev–Trinajstić information content (AvgIpc) is 3.07. The Labute approximate surface area is 178 Å². The van der Waals surface area contributed by atoms with Crippen LogP contribution in [0.3, 0.4) is 0 Å². The van der Waals surface area contributed by atoms with Crippen molar-refractivity contribution < 1.29 is 9.59 Å². The van der Waals surface area contributed by atoms with Gasteiger partial charge in [-0.15, -0.1) is 5.10 Å². The number of aromatic nitrogens is 3. The van der Waals surface area contributed by atoms with Crippen LogP contribution >= 0.6 is 0 Å². The number of benzene rings is 1. The van der Waals surface area contributed by atoms with Crippen LogP contribution in [0.1, 0.15) is 61.4 Å². The lowest BCUT2D eigenvalue weighted by Gasteiger charge is -2.30. The van der Waals surface area contributed by atoms with Crippen molar-refractivity contribution in [2.24, 2.45) is 5.92 Å². The van der Waals surface area contributed by atoms with E-state index in [1.165, 1.54) is 0 Å². The number of carbonyl (C=O) groups is 2. The minimum absolute atomic E-state index is 0.0432. The topological polar surface area (TPSA) is 92.2 Å². The van der Waals surface area contributed by atoms with Gasteiger partial charge in [-0.25, -0.2) is 9.48 Å². The maximum Gasteiger partial charge on any atom is 0.317 e. The van der Waals surface area contributed by atoms with E-state index in [9.17, 15) is 9.59 Å². The molecule has 0 unspecified atom stereocenters. The highest BCUT2D eigenvalue weighted by Crippen LogP contribution is 2.26. The van der Waals surface area contributed by atoms with Gasteiger partial charge in [-0.05, 0) is 56.7 Å². The van der Waals surface area contributed by atoms with Gasteiger partial charge >= 0.3 is 6.03 Å². The molecule has 0 bridgehead atoms. The van der Waals surface area contributed by atoms with Gasteiger partial charge in [0.15, 0.2) is 5.69 Å². The second-order valence-electron chi connectivity index (χ2n) is 8.56. The predicted octanol–water partition coefficient (Wildman–Crippen LogP) is 2.83. The van der Waals surface area contributed by atoms with E-state index in [0.717, 1.165) is 29.7 Å². The van der Waals surface area contributed by atoms with Crippen LogP contribution in [0.2, 0.25) is 0 Å². The second-order valence-corrected chi connectivity index (χ2v) is 8.56. The minimum atomic E-state index is -0.194. The van der Waals surface area contributed by atoms with Gasteiger partial charge in [0.1, 0.15) is 0 Å². The number of nitrogens with zero attached hydrogens (tertiary/aromatic N) is 4. The van der Waals surface area contributed by atoms with Gasteiger partial charge in [0, 0.05) is 25.7 Å². The fourth-order valence-corrected chi connectivity index (χ4v) is 3.63. The zero-order valence-corrected chi connectivity index (χ0v) is 18.5. The summed E-state index contributed by atoms with van der Waals surface area (Å²) in [6, 6.07) is 6.05. The molecule has 8 heteroatoms. The van der Waals surface area contributed by atoms with Gasteiger partial charge in [0.05, 0.1) is 11.4 Å². The molecule has 8 nitrogen and oxygen atoms in total. The summed E-state index contributed by atoms with van der Waals surface area (Å²) >= 11 is 0. The van der Waals surface area contributed by atoms with Crippen LogP contribution in [0.5, 0.6) is 0 Å². The molecule has 2 aromatic rings. The molecule has 0 radical (unpaired) electrons. The summed E-state index contributed by atoms with van der Waals surface area (Å²) in [6.07, 6.45) is 1.65. The maximum absolute atomic E-state index is 12.5. The molecule has 1 aromatic carbocycles. The summed E-state index contributed by atoms with van der Waals surface area (Å²) < 4.78 is 1.74. The van der Waals surface area contributed by atoms with Crippen LogP contribution in [-0.4, -0.2) is 51.0 Å². The van der Waals surface area contributed by atoms with Crippen LogP contribution < -0.4 is 10.6 Å². The molecule has 1 aromatic heterocycles. The summed E-state index contributed by atoms with van der Waals surface area (Å²) in [5, 5.41) is 14.3. The first-order valence-electron chi connectivity index (χ1n) is 10.6. The Kier molecular flexibility index (Phi) is 6.74. The van der Waals surface area contributed by atoms with Crippen LogP contribution in [0.4, 0.5) is 4.79 Å². The zero-order chi connectivity index (χ0) is 21.8. The molecule has 1 aliphatic rings. The third kappa shape index (κ3) is 4.80. The molecular formula is C22H32N6O2. The van der Waals surface area contributed by atoms with E-state index in [4.69, 9.17) is 0 Å². The second kappa shape index (κ2) is 9.28. The summed E-state index contributed by atoms with van der Waals surface area (Å²) in [5.41, 5.74) is 4.22. The van der Waals surface area contributed by atoms with Crippen molar-refractivity contribution in [3.63, 3.8) is 0 Å². The highest BCUT2D eigenvalue weighted by atomic mass is 16.2. The molecule has 2 heterocycles. The molecule has 0 saturated carbocycles. The third-order valence-corrected chi connectivity index (χ3v) is 5.29. The van der Waals surface area contributed by atoms with Crippen molar-refractivity contribution in [3.05, 3.63) is 40.7 Å². The fourth-order valence-electron chi connectivity index (χ4n) is 3.63. The first-order chi connectivity index (χ1) is 14.3. The highest BCUT2D eigenvalue weighted by molar-refractivity contribution is 5.93. The molecule has 3 rings (SSSR count). The largest absolute Gasteiger partial charge is 0.351 e. The molecule has 0 saturated heterocycles. The summed E-state index contributed by atoms with van der Waals surface area (Å²) in [4.78, 5) is 26.7. The predicted molar refractivity (Wildman–Crippen MR) is 116 cm³/mol. The van der Waals surface area contributed by atoms with E-state index < -0.39 is 0 Å². The van der Waals surface area contributed by atoms with Gasteiger partial charge in [0.2, 0.25) is 0 Å². The molecular weight excluding hydrogens is 380 g/mol. The van der Waals surface area contributed by atoms with Crippen LogP contribution in [0.25, 0.3) is 5.69 Å². The lowest BCUT2D eigenvalue weighted by Crippen LogP contribution is -2.45. The lowest BCUT2D eigenvalue weighted by molar-refractivity contribution is 0.0946. The number of carbonyl (C=O) groups excluding carboxylic acids is 2. The van der Waals surface area contributed by atoms with Crippen molar-refractivity contribution in [1.82, 2.24) is 30.5 Å². The van der Waals surface area contributed by atoms with Gasteiger partial charge < -0.3 is 15.5 Å². The summed E-state index contributed by atoms with van der Waals surface area (Å²) in [5.74, 6) is 0.334. The van der Waals surface area contributed by atoms with Crippen molar-refractivity contribution in [1.29, 1.82) is 0 Å². The Morgan fingerprint density at radius 2 is 1.97 bits per heavy atom. The molecule has 30 heavy (non-hydrogen) atoms. The molecule has 0 aliphatic carbocycles. The van der Waals surface area contributed by atoms with Crippen molar-refractivity contribution in [2.75, 3.05) is 13.1 Å². The average molecular weight is 413 g/mol. The summed E-state index contributed by atoms with van der Waals surface area (Å²) in [7, 11) is 0. The Balaban J connectivity index is 1.80. The van der Waals surface area contributed by atoms with E-state index in [0.29, 0.717) is 36.9 Å². The number of hydrogen-bond acceptors (Lipinski definition) is 4. The normalized spacial score (nSPS) is 13.5. The van der Waals surface area contributed by atoms with Crippen molar-refractivity contribution in [3.8, 4) is 5.69 Å². The fraction of sp³-hybridized carbons (Fsp3) is 0.545. The highest BCUT2D eigenvalue weighted by Gasteiger charge is 2.25. The Morgan fingerprint density at radius 3 is 2.67 bits per heavy atom. The van der Waals surface area contributed by atoms with Gasteiger partial charge in [-0.1, -0.05) is 31.2 Å². The van der Waals surface area contributed by atoms with Gasteiger partial charge in [-0.2, -0.15) is 0 Å². The lowest BCUT2D eigenvalue weighted by atomic mass is 9.98. The number of rotatable bonds is 6. The van der Waals surface area contributed by atoms with Crippen LogP contribution in [-0.2, 0) is 13.0 Å². The van der Waals surface area contributed by atoms with E-state index in [1.54, 1.807) is 4.68 Å². The number of amides is 3. The Morgan fingerprint density at radius 1 is 1.20 bits per heavy atom. The molecule has 0 fully saturated rings. The zero-order valence-electron chi connectivity index (χ0n) is 18.5. The monoisotopic (exact) mass is 412 g/mol. The third-order valence-electron chi connectivity index (χ3n) is 5.29. The molecule has 162 valence electrons. The Hall–Kier alpha value is -2.90. The first kappa shape index (κ1) is 21.8.